The Morgan fingerprint density at radius 2 is 1.96 bits per heavy atom. The Morgan fingerprint density at radius 3 is 2.68 bits per heavy atom. The van der Waals surface area contributed by atoms with Gasteiger partial charge in [0.25, 0.3) is 5.91 Å². The van der Waals surface area contributed by atoms with Crippen LogP contribution in [-0.4, -0.2) is 27.6 Å². The lowest BCUT2D eigenvalue weighted by Crippen LogP contribution is -2.28. The molecule has 0 bridgehead atoms. The molecule has 0 atom stereocenters. The van der Waals surface area contributed by atoms with Crippen LogP contribution in [0.3, 0.4) is 0 Å². The molecule has 1 saturated heterocycles. The highest BCUT2D eigenvalue weighted by molar-refractivity contribution is 8.18. The average molecular weight is 352 g/mol. The number of nitrogens with zero attached hydrogens (tertiary/aromatic N) is 2. The number of aryl methyl sites for hydroxylation is 1. The molecule has 0 saturated carbocycles. The first kappa shape index (κ1) is 17.3. The summed E-state index contributed by atoms with van der Waals surface area (Å²) in [6, 6.07) is 14.9. The van der Waals surface area contributed by atoms with Crippen molar-refractivity contribution in [3.05, 3.63) is 64.6 Å². The number of phenolic OH excluding ortho intramolecular Hbond substituents is 1. The maximum Gasteiger partial charge on any atom is 0.266 e. The average Bonchev–Trinajstić information content (AvgIpc) is 2.90. The molecule has 5 heteroatoms. The normalized spacial score (nSPS) is 17.7. The van der Waals surface area contributed by atoms with Crippen molar-refractivity contribution in [2.24, 2.45) is 4.99 Å². The molecule has 1 amide bonds. The monoisotopic (exact) mass is 352 g/mol. The van der Waals surface area contributed by atoms with E-state index >= 15 is 0 Å². The number of amidine groups is 1. The van der Waals surface area contributed by atoms with Crippen molar-refractivity contribution in [1.29, 1.82) is 0 Å². The Kier molecular flexibility index (Phi) is 5.24. The highest BCUT2D eigenvalue weighted by Crippen LogP contribution is 2.35. The minimum Gasteiger partial charge on any atom is -0.508 e. The van der Waals surface area contributed by atoms with Crippen LogP contribution in [0.25, 0.3) is 6.08 Å². The van der Waals surface area contributed by atoms with E-state index in [1.54, 1.807) is 29.2 Å². The van der Waals surface area contributed by atoms with Gasteiger partial charge in [-0.2, -0.15) is 0 Å². The number of carbonyl (C=O) groups excluding carboxylic acids is 1. The van der Waals surface area contributed by atoms with E-state index in [4.69, 9.17) is 4.99 Å². The predicted molar refractivity (Wildman–Crippen MR) is 104 cm³/mol. The van der Waals surface area contributed by atoms with Crippen LogP contribution in [0.1, 0.15) is 25.0 Å². The quantitative estimate of drug-likeness (QED) is 0.820. The summed E-state index contributed by atoms with van der Waals surface area (Å²) in [5, 5.41) is 10.3. The largest absolute Gasteiger partial charge is 0.508 e. The summed E-state index contributed by atoms with van der Waals surface area (Å²) >= 11 is 1.37. The standard InChI is InChI=1S/C20H20N2O2S/c1-3-15-9-5-6-11-17(15)21-20-22(4-2)19(24)18(25-20)13-14-8-7-10-16(23)12-14/h5-13,23H,3-4H2,1-2H3/b18-13+,21-20?. The highest BCUT2D eigenvalue weighted by Gasteiger charge is 2.32. The summed E-state index contributed by atoms with van der Waals surface area (Å²) < 4.78 is 0. The third kappa shape index (κ3) is 3.77. The molecule has 1 aliphatic rings. The number of thioether (sulfide) groups is 1. The second-order valence-electron chi connectivity index (χ2n) is 5.63. The van der Waals surface area contributed by atoms with Crippen molar-refractivity contribution >= 4 is 34.6 Å². The zero-order valence-corrected chi connectivity index (χ0v) is 15.1. The predicted octanol–water partition coefficient (Wildman–Crippen LogP) is 4.58. The molecule has 1 aliphatic heterocycles. The molecule has 25 heavy (non-hydrogen) atoms. The fourth-order valence-electron chi connectivity index (χ4n) is 2.66. The number of aliphatic imine (C=N–C) groups is 1. The van der Waals surface area contributed by atoms with Crippen LogP contribution < -0.4 is 0 Å². The van der Waals surface area contributed by atoms with Gasteiger partial charge in [0.1, 0.15) is 5.75 Å². The van der Waals surface area contributed by atoms with E-state index in [-0.39, 0.29) is 11.7 Å². The van der Waals surface area contributed by atoms with Crippen LogP contribution in [0.5, 0.6) is 5.75 Å². The van der Waals surface area contributed by atoms with Gasteiger partial charge in [-0.15, -0.1) is 0 Å². The van der Waals surface area contributed by atoms with Crippen molar-refractivity contribution in [3.8, 4) is 5.75 Å². The zero-order valence-electron chi connectivity index (χ0n) is 14.3. The number of aromatic hydroxyl groups is 1. The van der Waals surface area contributed by atoms with E-state index in [9.17, 15) is 9.90 Å². The van der Waals surface area contributed by atoms with E-state index in [1.165, 1.54) is 11.8 Å². The Balaban J connectivity index is 1.96. The SMILES string of the molecule is CCc1ccccc1N=C1S/C(=C/c2cccc(O)c2)C(=O)N1CC. The van der Waals surface area contributed by atoms with Crippen LogP contribution in [0, 0.1) is 0 Å². The van der Waals surface area contributed by atoms with E-state index < -0.39 is 0 Å². The van der Waals surface area contributed by atoms with E-state index in [0.29, 0.717) is 16.6 Å². The van der Waals surface area contributed by atoms with Gasteiger partial charge in [-0.1, -0.05) is 37.3 Å². The van der Waals surface area contributed by atoms with Gasteiger partial charge in [-0.3, -0.25) is 9.69 Å². The number of rotatable bonds is 4. The molecule has 0 radical (unpaired) electrons. The fraction of sp³-hybridized carbons (Fsp3) is 0.200. The van der Waals surface area contributed by atoms with E-state index in [0.717, 1.165) is 23.2 Å². The molecule has 0 aromatic heterocycles. The molecule has 1 N–H and O–H groups in total. The van der Waals surface area contributed by atoms with Crippen LogP contribution in [-0.2, 0) is 11.2 Å². The Bertz CT molecular complexity index is 858. The smallest absolute Gasteiger partial charge is 0.266 e. The molecular formula is C20H20N2O2S. The lowest BCUT2D eigenvalue weighted by atomic mass is 10.1. The highest BCUT2D eigenvalue weighted by atomic mass is 32.2. The van der Waals surface area contributed by atoms with E-state index in [2.05, 4.69) is 13.0 Å². The maximum atomic E-state index is 12.7. The van der Waals surface area contributed by atoms with Gasteiger partial charge >= 0.3 is 0 Å². The summed E-state index contributed by atoms with van der Waals surface area (Å²) in [7, 11) is 0. The first-order chi connectivity index (χ1) is 12.1. The molecule has 0 unspecified atom stereocenters. The summed E-state index contributed by atoms with van der Waals surface area (Å²) in [5.74, 6) is 0.131. The molecule has 1 fully saturated rings. The molecule has 4 nitrogen and oxygen atoms in total. The first-order valence-electron chi connectivity index (χ1n) is 8.29. The van der Waals surface area contributed by atoms with Gasteiger partial charge in [-0.25, -0.2) is 4.99 Å². The van der Waals surface area contributed by atoms with Gasteiger partial charge in [0.2, 0.25) is 0 Å². The minimum atomic E-state index is -0.0522. The fourth-order valence-corrected chi connectivity index (χ4v) is 3.71. The number of likely N-dealkylation sites (N-methyl/N-ethyl adjacent to an activating group) is 1. The van der Waals surface area contributed by atoms with Crippen molar-refractivity contribution in [1.82, 2.24) is 4.90 Å². The third-order valence-electron chi connectivity index (χ3n) is 3.96. The number of benzene rings is 2. The number of carbonyl (C=O) groups is 1. The van der Waals surface area contributed by atoms with Gasteiger partial charge in [-0.05, 0) is 60.5 Å². The van der Waals surface area contributed by atoms with Crippen molar-refractivity contribution in [3.63, 3.8) is 0 Å². The van der Waals surface area contributed by atoms with Crippen LogP contribution in [0.2, 0.25) is 0 Å². The molecule has 2 aromatic carbocycles. The van der Waals surface area contributed by atoms with Gasteiger partial charge in [0.05, 0.1) is 10.6 Å². The number of phenols is 1. The zero-order chi connectivity index (χ0) is 17.8. The van der Waals surface area contributed by atoms with Gasteiger partial charge in [0, 0.05) is 6.54 Å². The molecule has 2 aromatic rings. The molecule has 3 rings (SSSR count). The second kappa shape index (κ2) is 7.57. The number of para-hydroxylation sites is 1. The summed E-state index contributed by atoms with van der Waals surface area (Å²) in [5.41, 5.74) is 2.85. The summed E-state index contributed by atoms with van der Waals surface area (Å²) in [6.45, 7) is 4.60. The topological polar surface area (TPSA) is 52.9 Å². The minimum absolute atomic E-state index is 0.0522. The van der Waals surface area contributed by atoms with E-state index in [1.807, 2.05) is 31.2 Å². The first-order valence-corrected chi connectivity index (χ1v) is 9.11. The summed E-state index contributed by atoms with van der Waals surface area (Å²) in [6.07, 6.45) is 2.69. The molecular weight excluding hydrogens is 332 g/mol. The second-order valence-corrected chi connectivity index (χ2v) is 6.64. The van der Waals surface area contributed by atoms with Crippen LogP contribution >= 0.6 is 11.8 Å². The van der Waals surface area contributed by atoms with Crippen molar-refractivity contribution < 1.29 is 9.90 Å². The van der Waals surface area contributed by atoms with Crippen molar-refractivity contribution in [2.75, 3.05) is 6.54 Å². The Hall–Kier alpha value is -2.53. The molecule has 0 spiro atoms. The molecule has 1 heterocycles. The molecule has 128 valence electrons. The Labute approximate surface area is 151 Å². The Morgan fingerprint density at radius 1 is 1.16 bits per heavy atom. The number of hydrogen-bond acceptors (Lipinski definition) is 4. The van der Waals surface area contributed by atoms with Gasteiger partial charge < -0.3 is 5.11 Å². The van der Waals surface area contributed by atoms with Gasteiger partial charge in [0.15, 0.2) is 5.17 Å². The summed E-state index contributed by atoms with van der Waals surface area (Å²) in [4.78, 5) is 19.7. The lowest BCUT2D eigenvalue weighted by Gasteiger charge is -2.12. The van der Waals surface area contributed by atoms with Crippen LogP contribution in [0.15, 0.2) is 58.4 Å². The van der Waals surface area contributed by atoms with Crippen LogP contribution in [0.4, 0.5) is 5.69 Å². The van der Waals surface area contributed by atoms with Crippen molar-refractivity contribution in [2.45, 2.75) is 20.3 Å². The number of amides is 1. The maximum absolute atomic E-state index is 12.7. The lowest BCUT2D eigenvalue weighted by molar-refractivity contribution is -0.122. The third-order valence-corrected chi connectivity index (χ3v) is 4.97. The molecule has 0 aliphatic carbocycles. The number of hydrogen-bond donors (Lipinski definition) is 1.